The van der Waals surface area contributed by atoms with Gasteiger partial charge in [0.15, 0.2) is 0 Å². The van der Waals surface area contributed by atoms with Gasteiger partial charge in [-0.3, -0.25) is 0 Å². The van der Waals surface area contributed by atoms with Crippen molar-refractivity contribution in [1.29, 1.82) is 5.26 Å². The number of nitriles is 1. The minimum atomic E-state index is -0.557. The minimum absolute atomic E-state index is 0.238. The molecule has 1 fully saturated rings. The van der Waals surface area contributed by atoms with Gasteiger partial charge < -0.3 is 14.4 Å². The minimum Gasteiger partial charge on any atom is -0.481 e. The summed E-state index contributed by atoms with van der Waals surface area (Å²) in [4.78, 5) is 14.1. The van der Waals surface area contributed by atoms with Gasteiger partial charge in [-0.2, -0.15) is 5.26 Å². The van der Waals surface area contributed by atoms with E-state index in [9.17, 15) is 9.18 Å². The summed E-state index contributed by atoms with van der Waals surface area (Å²) in [6, 6.07) is 12.4. The van der Waals surface area contributed by atoms with Gasteiger partial charge in [-0.1, -0.05) is 30.3 Å². The first-order valence-corrected chi connectivity index (χ1v) is 10.9. The fraction of sp³-hybridized carbons (Fsp3) is 0.385. The summed E-state index contributed by atoms with van der Waals surface area (Å²) in [5, 5.41) is 8.99. The zero-order valence-corrected chi connectivity index (χ0v) is 18.6. The maximum Gasteiger partial charge on any atom is 0.410 e. The van der Waals surface area contributed by atoms with Crippen molar-refractivity contribution in [3.63, 3.8) is 0 Å². The molecule has 2 aliphatic rings. The van der Waals surface area contributed by atoms with Crippen molar-refractivity contribution >= 4 is 12.2 Å². The average molecular weight is 435 g/mol. The lowest BCUT2D eigenvalue weighted by Gasteiger charge is -2.35. The number of carbonyl (C=O) groups is 1. The average Bonchev–Trinajstić information content (AvgIpc) is 2.77. The van der Waals surface area contributed by atoms with Crippen molar-refractivity contribution in [2.24, 2.45) is 0 Å². The Morgan fingerprint density at radius 2 is 1.94 bits per heavy atom. The number of rotatable bonds is 2. The highest BCUT2D eigenvalue weighted by Crippen LogP contribution is 2.42. The Morgan fingerprint density at radius 3 is 2.59 bits per heavy atom. The van der Waals surface area contributed by atoms with Gasteiger partial charge in [0.05, 0.1) is 11.6 Å². The molecule has 2 heterocycles. The van der Waals surface area contributed by atoms with Gasteiger partial charge in [0.1, 0.15) is 23.3 Å². The zero-order valence-electron chi connectivity index (χ0n) is 18.6. The predicted molar refractivity (Wildman–Crippen MR) is 120 cm³/mol. The van der Waals surface area contributed by atoms with Crippen molar-refractivity contribution < 1.29 is 18.7 Å². The first-order chi connectivity index (χ1) is 15.2. The number of fused-ring (bicyclic) bond motifs is 1. The Kier molecular flexibility index (Phi) is 5.92. The third kappa shape index (κ3) is 4.62. The number of benzene rings is 2. The molecule has 1 amide bonds. The first-order valence-electron chi connectivity index (χ1n) is 10.9. The molecule has 0 aliphatic carbocycles. The maximum atomic E-state index is 14.6. The Morgan fingerprint density at radius 1 is 1.19 bits per heavy atom. The molecule has 0 N–H and O–H groups in total. The van der Waals surface area contributed by atoms with E-state index in [1.54, 1.807) is 17.0 Å². The molecule has 4 rings (SSSR count). The Hall–Kier alpha value is -3.33. The highest BCUT2D eigenvalue weighted by atomic mass is 19.1. The standard InChI is InChI=1S/C26H27FN2O3/c1-26(2,3)32-25(30)29-13-11-18(12-14-29)20-6-4-5-19-8-10-23(31-24(19)20)21-9-7-17(16-28)15-22(21)27/h4-10,15,18,23H,11-14H2,1-3H3/t23-/m1/s1. The highest BCUT2D eigenvalue weighted by Gasteiger charge is 2.30. The van der Waals surface area contributed by atoms with E-state index in [4.69, 9.17) is 14.7 Å². The maximum absolute atomic E-state index is 14.6. The summed E-state index contributed by atoms with van der Waals surface area (Å²) in [6.45, 7) is 6.84. The van der Waals surface area contributed by atoms with Crippen molar-refractivity contribution in [1.82, 2.24) is 4.90 Å². The van der Waals surface area contributed by atoms with Crippen LogP contribution in [0.15, 0.2) is 42.5 Å². The van der Waals surface area contributed by atoms with E-state index >= 15 is 0 Å². The van der Waals surface area contributed by atoms with Crippen LogP contribution in [-0.4, -0.2) is 29.7 Å². The third-order valence-electron chi connectivity index (χ3n) is 5.79. The van der Waals surface area contributed by atoms with Crippen LogP contribution in [0.25, 0.3) is 6.08 Å². The van der Waals surface area contributed by atoms with Crippen molar-refractivity contribution in [2.75, 3.05) is 13.1 Å². The van der Waals surface area contributed by atoms with Crippen molar-refractivity contribution in [3.05, 3.63) is 70.5 Å². The van der Waals surface area contributed by atoms with Gasteiger partial charge in [-0.05, 0) is 63.3 Å². The zero-order chi connectivity index (χ0) is 22.9. The number of carbonyl (C=O) groups excluding carboxylic acids is 1. The molecule has 166 valence electrons. The summed E-state index contributed by atoms with van der Waals surface area (Å²) >= 11 is 0. The van der Waals surface area contributed by atoms with Gasteiger partial charge in [0, 0.05) is 24.2 Å². The quantitative estimate of drug-likeness (QED) is 0.585. The van der Waals surface area contributed by atoms with E-state index in [0.717, 1.165) is 29.7 Å². The monoisotopic (exact) mass is 434 g/mol. The van der Waals surface area contributed by atoms with Crippen molar-refractivity contribution in [3.8, 4) is 11.8 Å². The second kappa shape index (κ2) is 8.66. The van der Waals surface area contributed by atoms with E-state index in [-0.39, 0.29) is 17.6 Å². The van der Waals surface area contributed by atoms with Crippen LogP contribution in [0.3, 0.4) is 0 Å². The molecule has 5 nitrogen and oxygen atoms in total. The molecule has 0 aromatic heterocycles. The van der Waals surface area contributed by atoms with Gasteiger partial charge in [-0.15, -0.1) is 0 Å². The lowest BCUT2D eigenvalue weighted by atomic mass is 9.87. The van der Waals surface area contributed by atoms with Gasteiger partial charge in [-0.25, -0.2) is 9.18 Å². The summed E-state index contributed by atoms with van der Waals surface area (Å²) < 4.78 is 26.4. The second-order valence-electron chi connectivity index (χ2n) is 9.25. The fourth-order valence-electron chi connectivity index (χ4n) is 4.21. The van der Waals surface area contributed by atoms with E-state index in [1.807, 2.05) is 51.1 Å². The van der Waals surface area contributed by atoms with E-state index in [0.29, 0.717) is 18.7 Å². The molecular formula is C26H27FN2O3. The number of nitrogens with zero attached hydrogens (tertiary/aromatic N) is 2. The number of hydrogen-bond acceptors (Lipinski definition) is 4. The molecule has 1 atom stereocenters. The van der Waals surface area contributed by atoms with Crippen molar-refractivity contribution in [2.45, 2.75) is 51.2 Å². The molecule has 2 aromatic carbocycles. The Labute approximate surface area is 188 Å². The number of ether oxygens (including phenoxy) is 2. The second-order valence-corrected chi connectivity index (χ2v) is 9.25. The lowest BCUT2D eigenvalue weighted by Crippen LogP contribution is -2.41. The molecule has 0 bridgehead atoms. The van der Waals surface area contributed by atoms with Gasteiger partial charge >= 0.3 is 6.09 Å². The van der Waals surface area contributed by atoms with E-state index in [1.165, 1.54) is 6.07 Å². The number of para-hydroxylation sites is 1. The summed E-state index contributed by atoms with van der Waals surface area (Å²) in [6.07, 6.45) is 4.57. The van der Waals surface area contributed by atoms with E-state index in [2.05, 4.69) is 6.07 Å². The van der Waals surface area contributed by atoms with Crippen LogP contribution in [0.1, 0.15) is 67.9 Å². The SMILES string of the molecule is CC(C)(C)OC(=O)N1CCC(c2cccc3c2O[C@@H](c2ccc(C#N)cc2F)C=C3)CC1. The fourth-order valence-corrected chi connectivity index (χ4v) is 4.21. The molecule has 2 aliphatic heterocycles. The molecule has 1 saturated heterocycles. The molecule has 0 unspecified atom stereocenters. The third-order valence-corrected chi connectivity index (χ3v) is 5.79. The molecule has 6 heteroatoms. The molecule has 2 aromatic rings. The van der Waals surface area contributed by atoms with Crippen LogP contribution in [0.5, 0.6) is 5.75 Å². The summed E-state index contributed by atoms with van der Waals surface area (Å²) in [5.41, 5.74) is 2.21. The molecule has 0 spiro atoms. The Balaban J connectivity index is 1.51. The highest BCUT2D eigenvalue weighted by molar-refractivity contribution is 5.68. The van der Waals surface area contributed by atoms with Gasteiger partial charge in [0.2, 0.25) is 0 Å². The summed E-state index contributed by atoms with van der Waals surface area (Å²) in [7, 11) is 0. The predicted octanol–water partition coefficient (Wildman–Crippen LogP) is 5.96. The smallest absolute Gasteiger partial charge is 0.410 e. The van der Waals surface area contributed by atoms with Crippen LogP contribution in [0.2, 0.25) is 0 Å². The van der Waals surface area contributed by atoms with Gasteiger partial charge in [0.25, 0.3) is 0 Å². The van der Waals surface area contributed by atoms with Crippen LogP contribution < -0.4 is 4.74 Å². The number of likely N-dealkylation sites (tertiary alicyclic amines) is 1. The van der Waals surface area contributed by atoms with Crippen LogP contribution in [0, 0.1) is 17.1 Å². The Bertz CT molecular complexity index is 1090. The molecule has 32 heavy (non-hydrogen) atoms. The van der Waals surface area contributed by atoms with Crippen LogP contribution in [0.4, 0.5) is 9.18 Å². The first kappa shape index (κ1) is 21.9. The van der Waals surface area contributed by atoms with Crippen LogP contribution in [-0.2, 0) is 4.74 Å². The van der Waals surface area contributed by atoms with Crippen LogP contribution >= 0.6 is 0 Å². The molecule has 0 radical (unpaired) electrons. The number of hydrogen-bond donors (Lipinski definition) is 0. The summed E-state index contributed by atoms with van der Waals surface area (Å²) in [5.74, 6) is 0.548. The number of amides is 1. The largest absolute Gasteiger partial charge is 0.481 e. The molecular weight excluding hydrogens is 407 g/mol. The normalized spacial score (nSPS) is 18.5. The number of piperidine rings is 1. The van der Waals surface area contributed by atoms with E-state index < -0.39 is 17.5 Å². The lowest BCUT2D eigenvalue weighted by molar-refractivity contribution is 0.0204. The topological polar surface area (TPSA) is 62.6 Å². The number of halogens is 1. The molecule has 0 saturated carbocycles.